The van der Waals surface area contributed by atoms with Crippen LogP contribution < -0.4 is 11.5 Å². The van der Waals surface area contributed by atoms with E-state index in [2.05, 4.69) is 0 Å². The van der Waals surface area contributed by atoms with E-state index in [0.29, 0.717) is 18.1 Å². The van der Waals surface area contributed by atoms with E-state index in [9.17, 15) is 9.59 Å². The smallest absolute Gasteiger partial charge is 0.320 e. The van der Waals surface area contributed by atoms with Crippen LogP contribution in [0.4, 0.5) is 0 Å². The van der Waals surface area contributed by atoms with Gasteiger partial charge in [0.15, 0.2) is 0 Å². The maximum atomic E-state index is 10.8. The first-order chi connectivity index (χ1) is 6.99. The topological polar surface area (TPSA) is 127 Å². The van der Waals surface area contributed by atoms with Gasteiger partial charge in [0.05, 0.1) is 5.92 Å². The van der Waals surface area contributed by atoms with Gasteiger partial charge in [0, 0.05) is 18.1 Å². The molecule has 0 fully saturated rings. The monoisotopic (exact) mass is 236 g/mol. The minimum absolute atomic E-state index is 0.0533. The molecule has 0 aliphatic heterocycles. The highest BCUT2D eigenvalue weighted by Gasteiger charge is 2.23. The van der Waals surface area contributed by atoms with E-state index in [1.807, 2.05) is 0 Å². The molecule has 0 saturated carbocycles. The van der Waals surface area contributed by atoms with Gasteiger partial charge in [0.1, 0.15) is 6.04 Å². The van der Waals surface area contributed by atoms with E-state index in [1.165, 1.54) is 11.8 Å². The van der Waals surface area contributed by atoms with Crippen LogP contribution in [0.5, 0.6) is 0 Å². The van der Waals surface area contributed by atoms with Crippen LogP contribution in [0.3, 0.4) is 0 Å². The molecule has 7 heteroatoms. The fourth-order valence-electron chi connectivity index (χ4n) is 0.956. The molecule has 0 bridgehead atoms. The van der Waals surface area contributed by atoms with Gasteiger partial charge in [-0.2, -0.15) is 11.8 Å². The second kappa shape index (κ2) is 7.49. The number of carboxylic acids is 2. The zero-order valence-electron chi connectivity index (χ0n) is 8.26. The van der Waals surface area contributed by atoms with Crippen molar-refractivity contribution in [3.05, 3.63) is 0 Å². The first kappa shape index (κ1) is 14.2. The molecule has 0 aliphatic rings. The number of hydrogen-bond acceptors (Lipinski definition) is 5. The van der Waals surface area contributed by atoms with Crippen LogP contribution in [0.25, 0.3) is 0 Å². The number of hydrogen-bond donors (Lipinski definition) is 4. The fourth-order valence-corrected chi connectivity index (χ4v) is 1.85. The second-order valence-electron chi connectivity index (χ2n) is 3.08. The molecule has 6 nitrogen and oxygen atoms in total. The van der Waals surface area contributed by atoms with Crippen molar-refractivity contribution in [2.24, 2.45) is 17.4 Å². The minimum Gasteiger partial charge on any atom is -0.481 e. The zero-order chi connectivity index (χ0) is 11.8. The third kappa shape index (κ3) is 6.32. The molecule has 2 unspecified atom stereocenters. The molecule has 2 atom stereocenters. The van der Waals surface area contributed by atoms with E-state index in [4.69, 9.17) is 21.7 Å². The highest BCUT2D eigenvalue weighted by atomic mass is 32.2. The number of nitrogens with two attached hydrogens (primary N) is 2. The van der Waals surface area contributed by atoms with Crippen LogP contribution in [0, 0.1) is 5.92 Å². The SMILES string of the molecule is NCCSCC(CC(N)C(=O)O)C(=O)O. The van der Waals surface area contributed by atoms with Gasteiger partial charge in [-0.25, -0.2) is 0 Å². The quantitative estimate of drug-likeness (QED) is 0.405. The molecule has 88 valence electrons. The van der Waals surface area contributed by atoms with Crippen LogP contribution >= 0.6 is 11.8 Å². The molecule has 15 heavy (non-hydrogen) atoms. The molecule has 0 rings (SSSR count). The molecule has 0 heterocycles. The van der Waals surface area contributed by atoms with E-state index in [1.54, 1.807) is 0 Å². The number of thioether (sulfide) groups is 1. The highest BCUT2D eigenvalue weighted by molar-refractivity contribution is 7.99. The lowest BCUT2D eigenvalue weighted by atomic mass is 10.0. The van der Waals surface area contributed by atoms with Crippen molar-refractivity contribution in [2.45, 2.75) is 12.5 Å². The Bertz CT molecular complexity index is 225. The van der Waals surface area contributed by atoms with Crippen LogP contribution in [0.2, 0.25) is 0 Å². The summed E-state index contributed by atoms with van der Waals surface area (Å²) >= 11 is 1.39. The Morgan fingerprint density at radius 3 is 2.27 bits per heavy atom. The van der Waals surface area contributed by atoms with Gasteiger partial charge in [0.25, 0.3) is 0 Å². The summed E-state index contributed by atoms with van der Waals surface area (Å²) in [6, 6.07) is -1.12. The van der Waals surface area contributed by atoms with Gasteiger partial charge >= 0.3 is 11.9 Å². The maximum absolute atomic E-state index is 10.8. The number of aliphatic carboxylic acids is 2. The van der Waals surface area contributed by atoms with Crippen molar-refractivity contribution in [2.75, 3.05) is 18.1 Å². The van der Waals surface area contributed by atoms with Crippen molar-refractivity contribution >= 4 is 23.7 Å². The standard InChI is InChI=1S/C8H16N2O4S/c9-1-2-15-4-5(7(11)12)3-6(10)8(13)14/h5-6H,1-4,9-10H2,(H,11,12)(H,13,14). The summed E-state index contributed by atoms with van der Waals surface area (Å²) in [7, 11) is 0. The summed E-state index contributed by atoms with van der Waals surface area (Å²) < 4.78 is 0. The Morgan fingerprint density at radius 1 is 1.27 bits per heavy atom. The first-order valence-corrected chi connectivity index (χ1v) is 5.63. The molecule has 0 spiro atoms. The Balaban J connectivity index is 4.04. The van der Waals surface area contributed by atoms with Crippen molar-refractivity contribution in [1.82, 2.24) is 0 Å². The predicted octanol–water partition coefficient (Wildman–Crippen LogP) is -0.819. The van der Waals surface area contributed by atoms with Gasteiger partial charge in [-0.15, -0.1) is 0 Å². The average Bonchev–Trinajstić information content (AvgIpc) is 2.15. The van der Waals surface area contributed by atoms with Gasteiger partial charge < -0.3 is 21.7 Å². The summed E-state index contributed by atoms with van der Waals surface area (Å²) in [5.74, 6) is -1.92. The molecule has 0 amide bonds. The highest BCUT2D eigenvalue weighted by Crippen LogP contribution is 2.14. The summed E-state index contributed by atoms with van der Waals surface area (Å²) in [6.07, 6.45) is -0.0533. The summed E-state index contributed by atoms with van der Waals surface area (Å²) in [5, 5.41) is 17.3. The van der Waals surface area contributed by atoms with Crippen LogP contribution in [-0.2, 0) is 9.59 Å². The van der Waals surface area contributed by atoms with E-state index in [-0.39, 0.29) is 6.42 Å². The molecule has 0 aromatic rings. The Morgan fingerprint density at radius 2 is 1.87 bits per heavy atom. The zero-order valence-corrected chi connectivity index (χ0v) is 9.07. The van der Waals surface area contributed by atoms with Crippen molar-refractivity contribution in [3.8, 4) is 0 Å². The molecule has 0 saturated heterocycles. The van der Waals surface area contributed by atoms with Crippen molar-refractivity contribution in [3.63, 3.8) is 0 Å². The van der Waals surface area contributed by atoms with Crippen molar-refractivity contribution in [1.29, 1.82) is 0 Å². The summed E-state index contributed by atoms with van der Waals surface area (Å²) in [5.41, 5.74) is 10.5. The number of carboxylic acid groups (broad SMARTS) is 2. The molecular formula is C8H16N2O4S. The normalized spacial score (nSPS) is 14.5. The van der Waals surface area contributed by atoms with Crippen molar-refractivity contribution < 1.29 is 19.8 Å². The third-order valence-electron chi connectivity index (χ3n) is 1.79. The third-order valence-corrected chi connectivity index (χ3v) is 2.95. The minimum atomic E-state index is -1.18. The molecule has 0 radical (unpaired) electrons. The number of rotatable bonds is 8. The molecule has 0 aliphatic carbocycles. The average molecular weight is 236 g/mol. The molecule has 0 aromatic carbocycles. The van der Waals surface area contributed by atoms with E-state index < -0.39 is 23.9 Å². The summed E-state index contributed by atoms with van der Waals surface area (Å²) in [4.78, 5) is 21.2. The van der Waals surface area contributed by atoms with E-state index in [0.717, 1.165) is 0 Å². The molecular weight excluding hydrogens is 220 g/mol. The van der Waals surface area contributed by atoms with Gasteiger partial charge in [-0.3, -0.25) is 9.59 Å². The van der Waals surface area contributed by atoms with Gasteiger partial charge in [-0.05, 0) is 6.42 Å². The van der Waals surface area contributed by atoms with Crippen LogP contribution in [0.15, 0.2) is 0 Å². The Kier molecular flexibility index (Phi) is 7.10. The summed E-state index contributed by atoms with van der Waals surface area (Å²) in [6.45, 7) is 0.474. The largest absolute Gasteiger partial charge is 0.481 e. The molecule has 6 N–H and O–H groups in total. The lowest BCUT2D eigenvalue weighted by Gasteiger charge is -2.14. The molecule has 0 aromatic heterocycles. The lowest BCUT2D eigenvalue weighted by Crippen LogP contribution is -2.35. The first-order valence-electron chi connectivity index (χ1n) is 4.48. The Hall–Kier alpha value is -0.790. The predicted molar refractivity (Wildman–Crippen MR) is 57.7 cm³/mol. The lowest BCUT2D eigenvalue weighted by molar-refractivity contribution is -0.142. The number of carbonyl (C=O) groups is 2. The van der Waals surface area contributed by atoms with Crippen LogP contribution in [-0.4, -0.2) is 46.2 Å². The maximum Gasteiger partial charge on any atom is 0.320 e. The van der Waals surface area contributed by atoms with Crippen LogP contribution in [0.1, 0.15) is 6.42 Å². The second-order valence-corrected chi connectivity index (χ2v) is 4.23. The van der Waals surface area contributed by atoms with E-state index >= 15 is 0 Å². The Labute approximate surface area is 92.0 Å². The fraction of sp³-hybridized carbons (Fsp3) is 0.750. The van der Waals surface area contributed by atoms with Gasteiger partial charge in [-0.1, -0.05) is 0 Å². The van der Waals surface area contributed by atoms with Gasteiger partial charge in [0.2, 0.25) is 0 Å².